The van der Waals surface area contributed by atoms with Crippen molar-refractivity contribution in [3.8, 4) is 0 Å². The highest BCUT2D eigenvalue weighted by Crippen LogP contribution is 2.15. The van der Waals surface area contributed by atoms with Gasteiger partial charge >= 0.3 is 11.9 Å². The fourth-order valence-electron chi connectivity index (χ4n) is 5.89. The molecule has 0 aliphatic heterocycles. The van der Waals surface area contributed by atoms with Crippen LogP contribution in [0.25, 0.3) is 0 Å². The lowest BCUT2D eigenvalue weighted by Crippen LogP contribution is -2.28. The van der Waals surface area contributed by atoms with Gasteiger partial charge in [-0.2, -0.15) is 0 Å². The Morgan fingerprint density at radius 1 is 0.490 bits per heavy atom. The number of hydrogen-bond acceptors (Lipinski definition) is 6. The highest BCUT2D eigenvalue weighted by molar-refractivity contribution is 5.70. The van der Waals surface area contributed by atoms with Gasteiger partial charge in [0.2, 0.25) is 0 Å². The largest absolute Gasteiger partial charge is 0.462 e. The maximum atomic E-state index is 12.2. The van der Waals surface area contributed by atoms with Crippen LogP contribution in [0.4, 0.5) is 0 Å². The number of unbranched alkanes of at least 4 members (excludes halogenated alkanes) is 19. The number of ether oxygens (including phenoxy) is 2. The molecule has 2 N–H and O–H groups in total. The molecule has 0 fully saturated rings. The summed E-state index contributed by atoms with van der Waals surface area (Å²) in [5.74, 6) is 0.186. The minimum atomic E-state index is -0.806. The molecule has 0 bridgehead atoms. The first kappa shape index (κ1) is 48.8. The number of carbonyl (C=O) groups excluding carboxylic acids is 2. The monoisotopic (exact) mass is 717 g/mol. The Labute approximate surface area is 314 Å². The molecule has 0 unspecified atom stereocenters. The van der Waals surface area contributed by atoms with Crippen LogP contribution in [0.5, 0.6) is 0 Å². The SMILES string of the molecule is CC(C)CCCCCCCCCCCCCCCCCCC(=O)OC[C@H](CO)OC(=O)CCC/C=C\C/C=C\C/C=C\C/C=C\CCCCCO. The second kappa shape index (κ2) is 40.6. The summed E-state index contributed by atoms with van der Waals surface area (Å²) in [7, 11) is 0. The number of aliphatic hydroxyl groups excluding tert-OH is 2. The van der Waals surface area contributed by atoms with Crippen LogP contribution < -0.4 is 0 Å². The van der Waals surface area contributed by atoms with Crippen LogP contribution in [0.15, 0.2) is 48.6 Å². The van der Waals surface area contributed by atoms with E-state index < -0.39 is 6.10 Å². The molecule has 6 nitrogen and oxygen atoms in total. The van der Waals surface area contributed by atoms with Crippen LogP contribution in [0.1, 0.15) is 194 Å². The summed E-state index contributed by atoms with van der Waals surface area (Å²) in [5, 5.41) is 18.3. The molecular weight excluding hydrogens is 636 g/mol. The van der Waals surface area contributed by atoms with E-state index in [1.807, 2.05) is 0 Å². The van der Waals surface area contributed by atoms with Gasteiger partial charge in [-0.3, -0.25) is 9.59 Å². The standard InChI is InChI=1S/C45H80O6/c1-42(2)36-32-28-24-20-16-12-8-5-6-9-13-17-21-25-29-33-37-44(48)50-41-43(40-47)51-45(49)38-34-30-26-22-18-14-10-4-3-7-11-15-19-23-27-31-35-39-46/h3,7,10,14-15,19,22,26,42-43,46-47H,4-6,8-9,11-13,16-18,20-21,23-25,27-41H2,1-2H3/b7-3-,14-10-,19-15-,26-22-/t43-/m0/s1. The highest BCUT2D eigenvalue weighted by atomic mass is 16.6. The van der Waals surface area contributed by atoms with E-state index in [0.29, 0.717) is 19.4 Å². The first-order valence-electron chi connectivity index (χ1n) is 21.2. The fourth-order valence-corrected chi connectivity index (χ4v) is 5.89. The Balaban J connectivity index is 3.61. The summed E-state index contributed by atoms with van der Waals surface area (Å²) in [6.07, 6.45) is 47.7. The smallest absolute Gasteiger partial charge is 0.306 e. The van der Waals surface area contributed by atoms with Crippen LogP contribution in [-0.4, -0.2) is 48.1 Å². The summed E-state index contributed by atoms with van der Waals surface area (Å²) in [5.41, 5.74) is 0. The average Bonchev–Trinajstić information content (AvgIpc) is 3.12. The van der Waals surface area contributed by atoms with Crippen molar-refractivity contribution in [3.63, 3.8) is 0 Å². The van der Waals surface area contributed by atoms with E-state index in [-0.39, 0.29) is 31.6 Å². The fraction of sp³-hybridized carbons (Fsp3) is 0.778. The zero-order valence-electron chi connectivity index (χ0n) is 33.2. The summed E-state index contributed by atoms with van der Waals surface area (Å²) in [6.45, 7) is 4.48. The lowest BCUT2D eigenvalue weighted by Gasteiger charge is -2.15. The Kier molecular flexibility index (Phi) is 38.9. The Morgan fingerprint density at radius 2 is 0.902 bits per heavy atom. The summed E-state index contributed by atoms with van der Waals surface area (Å²) in [4.78, 5) is 24.3. The lowest BCUT2D eigenvalue weighted by molar-refractivity contribution is -0.161. The number of esters is 2. The van der Waals surface area contributed by atoms with E-state index in [4.69, 9.17) is 14.6 Å². The van der Waals surface area contributed by atoms with Gasteiger partial charge in [-0.15, -0.1) is 0 Å². The van der Waals surface area contributed by atoms with Crippen molar-refractivity contribution in [1.82, 2.24) is 0 Å². The molecule has 0 amide bonds. The highest BCUT2D eigenvalue weighted by Gasteiger charge is 2.16. The Hall–Kier alpha value is -2.18. The molecule has 0 saturated carbocycles. The van der Waals surface area contributed by atoms with E-state index in [1.54, 1.807) is 0 Å². The molecule has 1 atom stereocenters. The van der Waals surface area contributed by atoms with Crippen molar-refractivity contribution >= 4 is 11.9 Å². The van der Waals surface area contributed by atoms with E-state index in [2.05, 4.69) is 62.5 Å². The van der Waals surface area contributed by atoms with Gasteiger partial charge in [-0.05, 0) is 63.7 Å². The van der Waals surface area contributed by atoms with Crippen LogP contribution in [0.3, 0.4) is 0 Å². The predicted molar refractivity (Wildman–Crippen MR) is 216 cm³/mol. The molecule has 0 aliphatic carbocycles. The van der Waals surface area contributed by atoms with Crippen LogP contribution >= 0.6 is 0 Å². The van der Waals surface area contributed by atoms with Gasteiger partial charge in [0.25, 0.3) is 0 Å². The molecule has 0 aromatic carbocycles. The quantitative estimate of drug-likeness (QED) is 0.0375. The molecule has 0 aromatic rings. The van der Waals surface area contributed by atoms with Crippen molar-refractivity contribution in [2.45, 2.75) is 200 Å². The predicted octanol–water partition coefficient (Wildman–Crippen LogP) is 12.2. The normalized spacial score (nSPS) is 12.7. The van der Waals surface area contributed by atoms with Crippen LogP contribution in [-0.2, 0) is 19.1 Å². The van der Waals surface area contributed by atoms with Crippen LogP contribution in [0, 0.1) is 5.92 Å². The summed E-state index contributed by atoms with van der Waals surface area (Å²) < 4.78 is 10.6. The molecule has 0 aromatic heterocycles. The molecule has 0 aliphatic rings. The zero-order chi connectivity index (χ0) is 37.3. The molecule has 6 heteroatoms. The van der Waals surface area contributed by atoms with Crippen molar-refractivity contribution in [2.24, 2.45) is 5.92 Å². The third kappa shape index (κ3) is 40.4. The Morgan fingerprint density at radius 3 is 1.37 bits per heavy atom. The first-order valence-corrected chi connectivity index (χ1v) is 21.2. The minimum absolute atomic E-state index is 0.0935. The average molecular weight is 717 g/mol. The second-order valence-electron chi connectivity index (χ2n) is 14.6. The maximum Gasteiger partial charge on any atom is 0.306 e. The molecular formula is C45H80O6. The number of carbonyl (C=O) groups is 2. The van der Waals surface area contributed by atoms with E-state index in [1.165, 1.54) is 89.9 Å². The summed E-state index contributed by atoms with van der Waals surface area (Å²) in [6, 6.07) is 0. The molecule has 0 spiro atoms. The topological polar surface area (TPSA) is 93.1 Å². The van der Waals surface area contributed by atoms with Crippen molar-refractivity contribution in [3.05, 3.63) is 48.6 Å². The molecule has 296 valence electrons. The number of aliphatic hydroxyl groups is 2. The van der Waals surface area contributed by atoms with Crippen LogP contribution in [0.2, 0.25) is 0 Å². The number of allylic oxidation sites excluding steroid dienone is 8. The van der Waals surface area contributed by atoms with Crippen molar-refractivity contribution < 1.29 is 29.3 Å². The zero-order valence-corrected chi connectivity index (χ0v) is 33.2. The third-order valence-corrected chi connectivity index (χ3v) is 9.11. The van der Waals surface area contributed by atoms with E-state index >= 15 is 0 Å². The van der Waals surface area contributed by atoms with Crippen molar-refractivity contribution in [1.29, 1.82) is 0 Å². The first-order chi connectivity index (χ1) is 25.0. The van der Waals surface area contributed by atoms with Gasteiger partial charge < -0.3 is 19.7 Å². The van der Waals surface area contributed by atoms with Gasteiger partial charge in [0.05, 0.1) is 6.61 Å². The molecule has 0 heterocycles. The van der Waals surface area contributed by atoms with Crippen molar-refractivity contribution in [2.75, 3.05) is 19.8 Å². The lowest BCUT2D eigenvalue weighted by atomic mass is 10.0. The number of rotatable bonds is 38. The maximum absolute atomic E-state index is 12.2. The van der Waals surface area contributed by atoms with Gasteiger partial charge in [0, 0.05) is 19.4 Å². The molecule has 0 saturated heterocycles. The van der Waals surface area contributed by atoms with Gasteiger partial charge in [0.15, 0.2) is 6.10 Å². The number of hydrogen-bond donors (Lipinski definition) is 2. The van der Waals surface area contributed by atoms with Gasteiger partial charge in [-0.1, -0.05) is 172 Å². The molecule has 51 heavy (non-hydrogen) atoms. The molecule has 0 radical (unpaired) electrons. The second-order valence-corrected chi connectivity index (χ2v) is 14.6. The third-order valence-electron chi connectivity index (χ3n) is 9.11. The summed E-state index contributed by atoms with van der Waals surface area (Å²) >= 11 is 0. The van der Waals surface area contributed by atoms with E-state index in [9.17, 15) is 14.7 Å². The molecule has 0 rings (SSSR count). The minimum Gasteiger partial charge on any atom is -0.462 e. The Bertz CT molecular complexity index is 874. The van der Waals surface area contributed by atoms with Gasteiger partial charge in [0.1, 0.15) is 6.61 Å². The van der Waals surface area contributed by atoms with Gasteiger partial charge in [-0.25, -0.2) is 0 Å². The van der Waals surface area contributed by atoms with E-state index in [0.717, 1.165) is 76.5 Å².